The lowest BCUT2D eigenvalue weighted by molar-refractivity contribution is 0.0601. The number of carbonyl (C=O) groups excluding carboxylic acids is 1. The predicted molar refractivity (Wildman–Crippen MR) is 77.0 cm³/mol. The van der Waals surface area contributed by atoms with Gasteiger partial charge in [-0.05, 0) is 19.1 Å². The van der Waals surface area contributed by atoms with Crippen LogP contribution in [0.3, 0.4) is 0 Å². The first kappa shape index (κ1) is 15.6. The number of anilines is 2. The molecule has 0 spiro atoms. The van der Waals surface area contributed by atoms with Crippen molar-refractivity contribution >= 4 is 28.9 Å². The van der Waals surface area contributed by atoms with Crippen molar-refractivity contribution in [2.24, 2.45) is 0 Å². The minimum absolute atomic E-state index is 0.353. The molecule has 0 unspecified atom stereocenters. The van der Waals surface area contributed by atoms with Crippen LogP contribution in [0.25, 0.3) is 0 Å². The van der Waals surface area contributed by atoms with Crippen molar-refractivity contribution in [1.82, 2.24) is 0 Å². The van der Waals surface area contributed by atoms with E-state index in [0.29, 0.717) is 41.7 Å². The highest BCUT2D eigenvalue weighted by Crippen LogP contribution is 2.32. The highest BCUT2D eigenvalue weighted by atomic mass is 35.5. The molecule has 0 aromatic heterocycles. The summed E-state index contributed by atoms with van der Waals surface area (Å²) >= 11 is 6.17. The Hall–Kier alpha value is -1.46. The summed E-state index contributed by atoms with van der Waals surface area (Å²) in [6, 6.07) is 3.17. The topological polar surface area (TPSA) is 64.8 Å². The van der Waals surface area contributed by atoms with Crippen LogP contribution in [0.1, 0.15) is 17.3 Å². The number of nitrogens with zero attached hydrogens (tertiary/aromatic N) is 1. The molecule has 1 rings (SSSR count). The number of likely N-dealkylation sites (N-methyl/N-ethyl adjacent to an activating group) is 1. The zero-order chi connectivity index (χ0) is 14.4. The van der Waals surface area contributed by atoms with Crippen molar-refractivity contribution in [3.63, 3.8) is 0 Å². The largest absolute Gasteiger partial charge is 0.465 e. The quantitative estimate of drug-likeness (QED) is 0.493. The molecule has 0 aliphatic carbocycles. The molecule has 0 aliphatic rings. The summed E-state index contributed by atoms with van der Waals surface area (Å²) in [6.07, 6.45) is 0. The minimum atomic E-state index is -0.465. The van der Waals surface area contributed by atoms with E-state index >= 15 is 0 Å². The number of carbonyl (C=O) groups is 1. The van der Waals surface area contributed by atoms with Crippen LogP contribution in [0.4, 0.5) is 11.4 Å². The summed E-state index contributed by atoms with van der Waals surface area (Å²) in [7, 11) is 3.16. The van der Waals surface area contributed by atoms with Crippen molar-refractivity contribution in [3.8, 4) is 0 Å². The maximum Gasteiger partial charge on any atom is 0.340 e. The molecule has 0 amide bonds. The van der Waals surface area contributed by atoms with E-state index in [0.717, 1.165) is 0 Å². The van der Waals surface area contributed by atoms with Gasteiger partial charge in [0.1, 0.15) is 0 Å². The second-order valence-corrected chi connectivity index (χ2v) is 4.42. The van der Waals surface area contributed by atoms with E-state index < -0.39 is 5.97 Å². The summed E-state index contributed by atoms with van der Waals surface area (Å²) in [5.41, 5.74) is 7.08. The van der Waals surface area contributed by atoms with E-state index in [2.05, 4.69) is 0 Å². The zero-order valence-corrected chi connectivity index (χ0v) is 12.2. The van der Waals surface area contributed by atoms with Crippen LogP contribution >= 0.6 is 11.6 Å². The predicted octanol–water partition coefficient (Wildman–Crippen LogP) is 2.18. The third kappa shape index (κ3) is 4.01. The Bertz CT molecular complexity index is 452. The number of halogens is 1. The van der Waals surface area contributed by atoms with Crippen LogP contribution in [-0.2, 0) is 9.47 Å². The number of benzene rings is 1. The molecule has 1 aromatic rings. The number of hydrogen-bond acceptors (Lipinski definition) is 5. The van der Waals surface area contributed by atoms with Gasteiger partial charge in [-0.3, -0.25) is 0 Å². The van der Waals surface area contributed by atoms with Gasteiger partial charge >= 0.3 is 5.97 Å². The van der Waals surface area contributed by atoms with Gasteiger partial charge in [-0.15, -0.1) is 0 Å². The van der Waals surface area contributed by atoms with Gasteiger partial charge in [0.2, 0.25) is 0 Å². The summed E-state index contributed by atoms with van der Waals surface area (Å²) in [5.74, 6) is -0.465. The number of methoxy groups -OCH3 is 1. The number of nitrogens with two attached hydrogens (primary N) is 1. The molecular formula is C13H19ClN2O3. The number of rotatable bonds is 6. The van der Waals surface area contributed by atoms with E-state index in [4.69, 9.17) is 26.8 Å². The van der Waals surface area contributed by atoms with Crippen LogP contribution in [0.15, 0.2) is 12.1 Å². The second-order valence-electron chi connectivity index (χ2n) is 4.01. The molecular weight excluding hydrogens is 268 g/mol. The molecule has 0 atom stereocenters. The Balaban J connectivity index is 3.06. The summed E-state index contributed by atoms with van der Waals surface area (Å²) < 4.78 is 10.0. The normalized spacial score (nSPS) is 10.3. The molecule has 0 heterocycles. The lowest BCUT2D eigenvalue weighted by atomic mass is 10.1. The van der Waals surface area contributed by atoms with E-state index in [-0.39, 0.29) is 0 Å². The lowest BCUT2D eigenvalue weighted by Gasteiger charge is -2.23. The van der Waals surface area contributed by atoms with Gasteiger partial charge in [-0.1, -0.05) is 11.6 Å². The van der Waals surface area contributed by atoms with Gasteiger partial charge in [0, 0.05) is 25.9 Å². The van der Waals surface area contributed by atoms with Gasteiger partial charge in [-0.2, -0.15) is 0 Å². The van der Waals surface area contributed by atoms with Crippen LogP contribution in [-0.4, -0.2) is 39.9 Å². The highest BCUT2D eigenvalue weighted by molar-refractivity contribution is 6.34. The second kappa shape index (κ2) is 7.21. The molecule has 0 bridgehead atoms. The number of hydrogen-bond donors (Lipinski definition) is 1. The Morgan fingerprint density at radius 2 is 2.16 bits per heavy atom. The zero-order valence-electron chi connectivity index (χ0n) is 11.4. The van der Waals surface area contributed by atoms with Gasteiger partial charge in [0.15, 0.2) is 0 Å². The molecule has 106 valence electrons. The van der Waals surface area contributed by atoms with Crippen molar-refractivity contribution in [2.75, 3.05) is 44.5 Å². The lowest BCUT2D eigenvalue weighted by Crippen LogP contribution is -2.25. The van der Waals surface area contributed by atoms with Crippen molar-refractivity contribution in [1.29, 1.82) is 0 Å². The van der Waals surface area contributed by atoms with Crippen LogP contribution in [0, 0.1) is 0 Å². The Morgan fingerprint density at radius 1 is 1.47 bits per heavy atom. The van der Waals surface area contributed by atoms with Gasteiger partial charge < -0.3 is 20.1 Å². The van der Waals surface area contributed by atoms with Crippen LogP contribution in [0.2, 0.25) is 5.02 Å². The van der Waals surface area contributed by atoms with E-state index in [9.17, 15) is 4.79 Å². The van der Waals surface area contributed by atoms with E-state index in [1.807, 2.05) is 18.9 Å². The van der Waals surface area contributed by atoms with Gasteiger partial charge in [-0.25, -0.2) is 4.79 Å². The van der Waals surface area contributed by atoms with Crippen molar-refractivity contribution in [3.05, 3.63) is 22.7 Å². The number of nitrogen functional groups attached to an aromatic ring is 1. The molecule has 5 nitrogen and oxygen atoms in total. The fraction of sp³-hybridized carbons (Fsp3) is 0.462. The molecule has 0 saturated carbocycles. The van der Waals surface area contributed by atoms with E-state index in [1.165, 1.54) is 7.11 Å². The smallest absolute Gasteiger partial charge is 0.340 e. The highest BCUT2D eigenvalue weighted by Gasteiger charge is 2.19. The number of esters is 1. The summed E-state index contributed by atoms with van der Waals surface area (Å²) in [5, 5.41) is 0.416. The molecule has 6 heteroatoms. The third-order valence-corrected chi connectivity index (χ3v) is 2.94. The third-order valence-electron chi connectivity index (χ3n) is 2.65. The van der Waals surface area contributed by atoms with Crippen LogP contribution in [0.5, 0.6) is 0 Å². The molecule has 0 saturated heterocycles. The standard InChI is InChI=1S/C13H19ClN2O3/c1-4-19-6-5-16(2)12-10(13(17)18-3)7-9(15)8-11(12)14/h7-8H,4-6,15H2,1-3H3. The Morgan fingerprint density at radius 3 is 2.74 bits per heavy atom. The van der Waals surface area contributed by atoms with E-state index in [1.54, 1.807) is 12.1 Å². The van der Waals surface area contributed by atoms with Crippen LogP contribution < -0.4 is 10.6 Å². The first-order valence-electron chi connectivity index (χ1n) is 5.97. The van der Waals surface area contributed by atoms with Crippen molar-refractivity contribution < 1.29 is 14.3 Å². The summed E-state index contributed by atoms with van der Waals surface area (Å²) in [6.45, 7) is 3.74. The molecule has 1 aromatic carbocycles. The Kier molecular flexibility index (Phi) is 5.92. The number of ether oxygens (including phenoxy) is 2. The van der Waals surface area contributed by atoms with Crippen molar-refractivity contribution in [2.45, 2.75) is 6.92 Å². The van der Waals surface area contributed by atoms with Gasteiger partial charge in [0.25, 0.3) is 0 Å². The molecule has 2 N–H and O–H groups in total. The SMILES string of the molecule is CCOCCN(C)c1c(Cl)cc(N)cc1C(=O)OC. The summed E-state index contributed by atoms with van der Waals surface area (Å²) in [4.78, 5) is 13.6. The first-order chi connectivity index (χ1) is 9.01. The average molecular weight is 287 g/mol. The first-order valence-corrected chi connectivity index (χ1v) is 6.35. The fourth-order valence-electron chi connectivity index (χ4n) is 1.73. The average Bonchev–Trinajstić information content (AvgIpc) is 2.36. The molecule has 0 radical (unpaired) electrons. The molecule has 0 aliphatic heterocycles. The Labute approximate surface area is 118 Å². The monoisotopic (exact) mass is 286 g/mol. The maximum absolute atomic E-state index is 11.8. The minimum Gasteiger partial charge on any atom is -0.465 e. The molecule has 0 fully saturated rings. The fourth-order valence-corrected chi connectivity index (χ4v) is 2.10. The molecule has 19 heavy (non-hydrogen) atoms. The van der Waals surface area contributed by atoms with Gasteiger partial charge in [0.05, 0.1) is 30.0 Å². The maximum atomic E-state index is 11.8.